The largest absolute Gasteiger partial charge is 0.307 e. The van der Waals surface area contributed by atoms with Gasteiger partial charge in [-0.1, -0.05) is 93.8 Å². The molecule has 1 aliphatic heterocycles. The first-order chi connectivity index (χ1) is 11.4. The lowest BCUT2D eigenvalue weighted by Gasteiger charge is -2.21. The van der Waals surface area contributed by atoms with Crippen LogP contribution in [-0.4, -0.2) is 6.54 Å². The molecule has 2 fully saturated rings. The maximum atomic E-state index is 3.25. The van der Waals surface area contributed by atoms with E-state index in [9.17, 15) is 0 Å². The molecule has 23 heavy (non-hydrogen) atoms. The minimum atomic E-state index is 0.659. The molecule has 1 atom stereocenters. The predicted molar refractivity (Wildman–Crippen MR) is 101 cm³/mol. The summed E-state index contributed by atoms with van der Waals surface area (Å²) in [7, 11) is 0. The topological polar surface area (TPSA) is 21.9 Å². The van der Waals surface area contributed by atoms with Crippen molar-refractivity contribution in [2.45, 2.75) is 57.9 Å². The van der Waals surface area contributed by atoms with Crippen molar-refractivity contribution >= 4 is 0 Å². The van der Waals surface area contributed by atoms with Crippen molar-refractivity contribution < 1.29 is 0 Å². The summed E-state index contributed by atoms with van der Waals surface area (Å²) in [6.07, 6.45) is 7.12. The van der Waals surface area contributed by atoms with Crippen LogP contribution in [0.3, 0.4) is 0 Å². The summed E-state index contributed by atoms with van der Waals surface area (Å²) in [5, 5.41) is 3.25. The van der Waals surface area contributed by atoms with Gasteiger partial charge in [-0.3, -0.25) is 0 Å². The third-order valence-corrected chi connectivity index (χ3v) is 4.49. The van der Waals surface area contributed by atoms with E-state index < -0.39 is 0 Å². The Balaban J connectivity index is 0.000000155. The molecule has 1 unspecified atom stereocenters. The molecule has 2 aromatic rings. The number of hydrogen-bond donors (Lipinski definition) is 1. The lowest BCUT2D eigenvalue weighted by molar-refractivity contribution is 0.443. The van der Waals surface area contributed by atoms with Crippen LogP contribution in [0.25, 0.3) is 0 Å². The van der Waals surface area contributed by atoms with Gasteiger partial charge in [-0.15, -0.1) is 0 Å². The van der Waals surface area contributed by atoms with Crippen molar-refractivity contribution in [3.63, 3.8) is 0 Å². The molecule has 1 aliphatic carbocycles. The minimum Gasteiger partial charge on any atom is -0.307 e. The molecule has 0 amide bonds. The lowest BCUT2D eigenvalue weighted by Crippen LogP contribution is -2.03. The van der Waals surface area contributed by atoms with E-state index in [0.29, 0.717) is 6.04 Å². The van der Waals surface area contributed by atoms with E-state index in [1.165, 1.54) is 37.7 Å². The van der Waals surface area contributed by atoms with Crippen LogP contribution in [-0.2, 0) is 0 Å². The first kappa shape index (κ1) is 17.7. The smallest absolute Gasteiger partial charge is 0.0447 e. The summed E-state index contributed by atoms with van der Waals surface area (Å²) >= 11 is 0. The standard InChI is InChI=1S/C12H16.C8H9N.C2H6/c1-3-7-11(8-4-1)12-9-5-2-6-10-12;1-2-4-7(5-3-1)8-6-9-8;1-2/h1,3-4,7-8,12H,2,5-6,9-10H2;1-5,8-9H,6H2;1-2H3. The van der Waals surface area contributed by atoms with E-state index in [4.69, 9.17) is 0 Å². The fourth-order valence-corrected chi connectivity index (χ4v) is 3.14. The van der Waals surface area contributed by atoms with Crippen LogP contribution in [0.5, 0.6) is 0 Å². The Morgan fingerprint density at radius 1 is 0.696 bits per heavy atom. The van der Waals surface area contributed by atoms with Crippen LogP contribution >= 0.6 is 0 Å². The average molecular weight is 309 g/mol. The molecule has 0 aromatic heterocycles. The Hall–Kier alpha value is -1.60. The quantitative estimate of drug-likeness (QED) is 0.666. The van der Waals surface area contributed by atoms with Crippen molar-refractivity contribution in [1.29, 1.82) is 0 Å². The van der Waals surface area contributed by atoms with Gasteiger partial charge in [0.15, 0.2) is 0 Å². The SMILES string of the molecule is CC.c1ccc(C2CCCCC2)cc1.c1ccc(C2CN2)cc1. The van der Waals surface area contributed by atoms with Crippen molar-refractivity contribution in [2.75, 3.05) is 6.54 Å². The molecule has 1 N–H and O–H groups in total. The van der Waals surface area contributed by atoms with Crippen LogP contribution in [0.4, 0.5) is 0 Å². The van der Waals surface area contributed by atoms with Crippen LogP contribution in [0, 0.1) is 0 Å². The zero-order valence-electron chi connectivity index (χ0n) is 14.7. The Labute approximate surface area is 142 Å². The average Bonchev–Trinajstić information content (AvgIpc) is 3.52. The van der Waals surface area contributed by atoms with E-state index in [1.54, 1.807) is 5.56 Å². The van der Waals surface area contributed by atoms with Gasteiger partial charge in [-0.2, -0.15) is 0 Å². The van der Waals surface area contributed by atoms with Gasteiger partial charge in [0, 0.05) is 12.6 Å². The highest BCUT2D eigenvalue weighted by Crippen LogP contribution is 2.32. The number of benzene rings is 2. The predicted octanol–water partition coefficient (Wildman–Crippen LogP) is 6.09. The summed E-state index contributed by atoms with van der Waals surface area (Å²) in [5.41, 5.74) is 2.97. The molecule has 1 saturated carbocycles. The molecule has 0 radical (unpaired) electrons. The lowest BCUT2D eigenvalue weighted by atomic mass is 9.84. The number of rotatable bonds is 2. The maximum Gasteiger partial charge on any atom is 0.0447 e. The van der Waals surface area contributed by atoms with Crippen molar-refractivity contribution in [2.24, 2.45) is 0 Å². The molecule has 0 spiro atoms. The zero-order valence-corrected chi connectivity index (χ0v) is 14.7. The van der Waals surface area contributed by atoms with Gasteiger partial charge in [0.25, 0.3) is 0 Å². The van der Waals surface area contributed by atoms with Crippen molar-refractivity contribution in [3.8, 4) is 0 Å². The Kier molecular flexibility index (Phi) is 7.89. The monoisotopic (exact) mass is 309 g/mol. The van der Waals surface area contributed by atoms with Gasteiger partial charge < -0.3 is 5.32 Å². The summed E-state index contributed by atoms with van der Waals surface area (Å²) in [5.74, 6) is 0.861. The highest BCUT2D eigenvalue weighted by atomic mass is 15.1. The molecule has 1 heterocycles. The van der Waals surface area contributed by atoms with Crippen LogP contribution in [0.1, 0.15) is 69.0 Å². The highest BCUT2D eigenvalue weighted by Gasteiger charge is 2.20. The minimum absolute atomic E-state index is 0.659. The van der Waals surface area contributed by atoms with Gasteiger partial charge in [0.05, 0.1) is 0 Å². The second-order valence-corrected chi connectivity index (χ2v) is 6.12. The van der Waals surface area contributed by atoms with Gasteiger partial charge in [0.1, 0.15) is 0 Å². The molecule has 1 heteroatoms. The summed E-state index contributed by atoms with van der Waals surface area (Å²) < 4.78 is 0. The fourth-order valence-electron chi connectivity index (χ4n) is 3.14. The molecular weight excluding hydrogens is 278 g/mol. The molecule has 4 rings (SSSR count). The first-order valence-corrected chi connectivity index (χ1v) is 9.27. The van der Waals surface area contributed by atoms with Gasteiger partial charge >= 0.3 is 0 Å². The number of nitrogens with one attached hydrogen (secondary N) is 1. The van der Waals surface area contributed by atoms with Gasteiger partial charge in [0.2, 0.25) is 0 Å². The van der Waals surface area contributed by atoms with E-state index in [1.807, 2.05) is 19.9 Å². The van der Waals surface area contributed by atoms with E-state index >= 15 is 0 Å². The summed E-state index contributed by atoms with van der Waals surface area (Å²) in [4.78, 5) is 0. The normalized spacial score (nSPS) is 19.7. The number of hydrogen-bond acceptors (Lipinski definition) is 1. The Bertz CT molecular complexity index is 510. The molecule has 124 valence electrons. The molecule has 1 nitrogen and oxygen atoms in total. The van der Waals surface area contributed by atoms with E-state index in [2.05, 4.69) is 59.9 Å². The Morgan fingerprint density at radius 2 is 1.17 bits per heavy atom. The highest BCUT2D eigenvalue weighted by molar-refractivity contribution is 5.22. The molecule has 2 aliphatic rings. The van der Waals surface area contributed by atoms with Crippen LogP contribution in [0.2, 0.25) is 0 Å². The zero-order chi connectivity index (χ0) is 16.3. The molecule has 2 aromatic carbocycles. The van der Waals surface area contributed by atoms with E-state index in [-0.39, 0.29) is 0 Å². The second-order valence-electron chi connectivity index (χ2n) is 6.12. The van der Waals surface area contributed by atoms with Gasteiger partial charge in [-0.05, 0) is 29.9 Å². The third-order valence-electron chi connectivity index (χ3n) is 4.49. The third kappa shape index (κ3) is 6.19. The van der Waals surface area contributed by atoms with E-state index in [0.717, 1.165) is 12.5 Å². The fraction of sp³-hybridized carbons (Fsp3) is 0.455. The first-order valence-electron chi connectivity index (χ1n) is 9.27. The summed E-state index contributed by atoms with van der Waals surface area (Å²) in [6, 6.07) is 22.1. The maximum absolute atomic E-state index is 3.25. The Morgan fingerprint density at radius 3 is 1.65 bits per heavy atom. The molecular formula is C22H31N. The molecule has 0 bridgehead atoms. The van der Waals surface area contributed by atoms with Crippen LogP contribution in [0.15, 0.2) is 60.7 Å². The van der Waals surface area contributed by atoms with Gasteiger partial charge in [-0.25, -0.2) is 0 Å². The summed E-state index contributed by atoms with van der Waals surface area (Å²) in [6.45, 7) is 5.16. The van der Waals surface area contributed by atoms with Crippen molar-refractivity contribution in [3.05, 3.63) is 71.8 Å². The second kappa shape index (κ2) is 10.2. The molecule has 1 saturated heterocycles. The van der Waals surface area contributed by atoms with Crippen LogP contribution < -0.4 is 5.32 Å². The van der Waals surface area contributed by atoms with Crippen molar-refractivity contribution in [1.82, 2.24) is 5.32 Å².